The van der Waals surface area contributed by atoms with Crippen LogP contribution in [0.4, 0.5) is 5.82 Å². The summed E-state index contributed by atoms with van der Waals surface area (Å²) in [7, 11) is 1.73. The summed E-state index contributed by atoms with van der Waals surface area (Å²) in [6.45, 7) is 0. The zero-order valence-corrected chi connectivity index (χ0v) is 9.45. The van der Waals surface area contributed by atoms with Crippen LogP contribution in [0.5, 0.6) is 0 Å². The molecule has 0 radical (unpaired) electrons. The molecule has 2 rings (SSSR count). The summed E-state index contributed by atoms with van der Waals surface area (Å²) in [4.78, 5) is 19.2. The average molecular weight is 270 g/mol. The monoisotopic (exact) mass is 269 g/mol. The van der Waals surface area contributed by atoms with E-state index in [1.54, 1.807) is 23.8 Å². The van der Waals surface area contributed by atoms with Gasteiger partial charge in [0.1, 0.15) is 10.3 Å². The minimum atomic E-state index is -0.558. The number of nitrogens with one attached hydrogen (secondary N) is 1. The molecule has 2 aromatic rings. The number of carbonyl (C=O) groups excluding carboxylic acids is 1. The lowest BCUT2D eigenvalue weighted by molar-refractivity contribution is 0.0996. The molecule has 2 heterocycles. The Morgan fingerprint density at radius 3 is 2.87 bits per heavy atom. The Kier molecular flexibility index (Phi) is 2.31. The van der Waals surface area contributed by atoms with Gasteiger partial charge in [0.25, 0.3) is 5.91 Å². The quantitative estimate of drug-likeness (QED) is 0.838. The van der Waals surface area contributed by atoms with Crippen molar-refractivity contribution < 1.29 is 4.79 Å². The molecule has 0 aromatic carbocycles. The van der Waals surface area contributed by atoms with E-state index in [4.69, 9.17) is 5.73 Å². The van der Waals surface area contributed by atoms with Crippen molar-refractivity contribution >= 4 is 33.3 Å². The zero-order chi connectivity index (χ0) is 11.0. The van der Waals surface area contributed by atoms with E-state index in [9.17, 15) is 4.79 Å². The van der Waals surface area contributed by atoms with E-state index in [-0.39, 0.29) is 5.69 Å². The molecule has 6 nitrogen and oxygen atoms in total. The first-order valence-electron chi connectivity index (χ1n) is 4.14. The van der Waals surface area contributed by atoms with Crippen molar-refractivity contribution in [2.45, 2.75) is 0 Å². The molecule has 0 saturated carbocycles. The maximum Gasteiger partial charge on any atom is 0.268 e. The first kappa shape index (κ1) is 9.91. The molecule has 0 aliphatic heterocycles. The summed E-state index contributed by atoms with van der Waals surface area (Å²) >= 11 is 3.25. The minimum absolute atomic E-state index is 0.214. The van der Waals surface area contributed by atoms with Gasteiger partial charge in [-0.1, -0.05) is 0 Å². The molecular formula is C8H8BrN5O. The van der Waals surface area contributed by atoms with E-state index in [1.165, 1.54) is 0 Å². The molecule has 0 spiro atoms. The molecular weight excluding hydrogens is 262 g/mol. The van der Waals surface area contributed by atoms with Crippen molar-refractivity contribution in [2.75, 3.05) is 12.4 Å². The van der Waals surface area contributed by atoms with Gasteiger partial charge in [0.05, 0.1) is 0 Å². The molecule has 0 saturated heterocycles. The summed E-state index contributed by atoms with van der Waals surface area (Å²) in [6.07, 6.45) is 3.26. The zero-order valence-electron chi connectivity index (χ0n) is 7.86. The number of carbonyl (C=O) groups is 1. The third-order valence-electron chi connectivity index (χ3n) is 1.90. The van der Waals surface area contributed by atoms with E-state index < -0.39 is 5.91 Å². The normalized spacial score (nSPS) is 10.5. The predicted octanol–water partition coefficient (Wildman–Crippen LogP) is 0.632. The Morgan fingerprint density at radius 2 is 2.27 bits per heavy atom. The summed E-state index contributed by atoms with van der Waals surface area (Å²) in [5.74, 6) is 0.0220. The molecule has 0 atom stereocenters. The molecule has 15 heavy (non-hydrogen) atoms. The van der Waals surface area contributed by atoms with Gasteiger partial charge in [0.2, 0.25) is 0 Å². The van der Waals surface area contributed by atoms with Gasteiger partial charge in [-0.3, -0.25) is 4.79 Å². The molecule has 7 heteroatoms. The van der Waals surface area contributed by atoms with Gasteiger partial charge in [0, 0.05) is 19.4 Å². The Hall–Kier alpha value is -1.63. The van der Waals surface area contributed by atoms with Crippen molar-refractivity contribution in [3.63, 3.8) is 0 Å². The molecule has 78 valence electrons. The second kappa shape index (κ2) is 3.50. The van der Waals surface area contributed by atoms with Crippen molar-refractivity contribution in [2.24, 2.45) is 5.73 Å². The lowest BCUT2D eigenvalue weighted by atomic mass is 10.5. The fourth-order valence-corrected chi connectivity index (χ4v) is 1.65. The van der Waals surface area contributed by atoms with Gasteiger partial charge in [-0.05, 0) is 15.9 Å². The Labute approximate surface area is 93.6 Å². The molecule has 0 fully saturated rings. The Morgan fingerprint density at radius 1 is 1.53 bits per heavy atom. The number of imidazole rings is 1. The highest BCUT2D eigenvalue weighted by atomic mass is 79.9. The van der Waals surface area contributed by atoms with E-state index in [0.717, 1.165) is 0 Å². The fraction of sp³-hybridized carbons (Fsp3) is 0.125. The molecule has 2 aromatic heterocycles. The molecule has 0 bridgehead atoms. The van der Waals surface area contributed by atoms with E-state index in [1.807, 2.05) is 0 Å². The van der Waals surface area contributed by atoms with Crippen LogP contribution in [0.25, 0.3) is 5.65 Å². The highest BCUT2D eigenvalue weighted by Crippen LogP contribution is 2.17. The van der Waals surface area contributed by atoms with E-state index >= 15 is 0 Å². The number of nitrogens with two attached hydrogens (primary N) is 1. The Bertz CT molecular complexity index is 535. The van der Waals surface area contributed by atoms with Crippen LogP contribution < -0.4 is 11.1 Å². The largest absolute Gasteiger partial charge is 0.370 e. The number of rotatable bonds is 2. The number of hydrogen-bond donors (Lipinski definition) is 2. The summed E-state index contributed by atoms with van der Waals surface area (Å²) < 4.78 is 2.33. The van der Waals surface area contributed by atoms with Gasteiger partial charge in [-0.25, -0.2) is 9.97 Å². The number of hydrogen-bond acceptors (Lipinski definition) is 4. The highest BCUT2D eigenvalue weighted by molar-refractivity contribution is 9.10. The first-order valence-corrected chi connectivity index (χ1v) is 4.94. The number of nitrogens with zero attached hydrogens (tertiary/aromatic N) is 3. The maximum absolute atomic E-state index is 10.9. The summed E-state index contributed by atoms with van der Waals surface area (Å²) in [6, 6.07) is 0. The number of primary amides is 1. The number of fused-ring (bicyclic) bond motifs is 1. The maximum atomic E-state index is 10.9. The summed E-state index contributed by atoms with van der Waals surface area (Å²) in [5.41, 5.74) is 5.92. The third kappa shape index (κ3) is 1.65. The standard InChI is InChI=1S/C8H8BrN5O/c1-11-7-8-12-4(6(10)15)2-14(8)3-5(9)13-7/h2-3H,1H3,(H2,10,15)(H,11,13). The fourth-order valence-electron chi connectivity index (χ4n) is 1.25. The topological polar surface area (TPSA) is 85.3 Å². The second-order valence-electron chi connectivity index (χ2n) is 2.88. The number of amides is 1. The number of anilines is 1. The van der Waals surface area contributed by atoms with Crippen LogP contribution in [0.15, 0.2) is 17.0 Å². The lowest BCUT2D eigenvalue weighted by Gasteiger charge is -2.01. The Balaban J connectivity index is 2.74. The average Bonchev–Trinajstić information content (AvgIpc) is 2.59. The lowest BCUT2D eigenvalue weighted by Crippen LogP contribution is -2.10. The third-order valence-corrected chi connectivity index (χ3v) is 2.28. The van der Waals surface area contributed by atoms with Crippen molar-refractivity contribution in [3.05, 3.63) is 22.7 Å². The van der Waals surface area contributed by atoms with E-state index in [2.05, 4.69) is 31.2 Å². The molecule has 3 N–H and O–H groups in total. The van der Waals surface area contributed by atoms with Crippen molar-refractivity contribution in [3.8, 4) is 0 Å². The van der Waals surface area contributed by atoms with Crippen LogP contribution in [0.2, 0.25) is 0 Å². The van der Waals surface area contributed by atoms with E-state index in [0.29, 0.717) is 16.1 Å². The van der Waals surface area contributed by atoms with Gasteiger partial charge in [-0.15, -0.1) is 0 Å². The SMILES string of the molecule is CNc1nc(Br)cn2cc(C(N)=O)nc12. The predicted molar refractivity (Wildman–Crippen MR) is 58.8 cm³/mol. The highest BCUT2D eigenvalue weighted by Gasteiger charge is 2.11. The van der Waals surface area contributed by atoms with Crippen LogP contribution in [0, 0.1) is 0 Å². The number of halogens is 1. The van der Waals surface area contributed by atoms with Gasteiger partial charge < -0.3 is 15.5 Å². The van der Waals surface area contributed by atoms with Crippen LogP contribution in [0.1, 0.15) is 10.5 Å². The van der Waals surface area contributed by atoms with Crippen molar-refractivity contribution in [1.29, 1.82) is 0 Å². The molecule has 1 amide bonds. The van der Waals surface area contributed by atoms with Gasteiger partial charge >= 0.3 is 0 Å². The van der Waals surface area contributed by atoms with Crippen LogP contribution in [0.3, 0.4) is 0 Å². The molecule has 0 aliphatic rings. The van der Waals surface area contributed by atoms with Gasteiger partial charge in [-0.2, -0.15) is 0 Å². The van der Waals surface area contributed by atoms with Crippen LogP contribution >= 0.6 is 15.9 Å². The van der Waals surface area contributed by atoms with Crippen LogP contribution in [-0.4, -0.2) is 27.3 Å². The summed E-state index contributed by atoms with van der Waals surface area (Å²) in [5, 5.41) is 2.89. The van der Waals surface area contributed by atoms with Gasteiger partial charge in [0.15, 0.2) is 11.5 Å². The van der Waals surface area contributed by atoms with Crippen LogP contribution in [-0.2, 0) is 0 Å². The first-order chi connectivity index (χ1) is 7.11. The second-order valence-corrected chi connectivity index (χ2v) is 3.70. The number of aromatic nitrogens is 3. The smallest absolute Gasteiger partial charge is 0.268 e. The minimum Gasteiger partial charge on any atom is -0.370 e. The molecule has 0 aliphatic carbocycles. The molecule has 0 unspecified atom stereocenters. The van der Waals surface area contributed by atoms with Crippen molar-refractivity contribution in [1.82, 2.24) is 14.4 Å².